The molecule has 0 radical (unpaired) electrons. The average molecular weight is 432 g/mol. The van der Waals surface area contributed by atoms with Gasteiger partial charge in [-0.15, -0.1) is 0 Å². The van der Waals surface area contributed by atoms with E-state index in [0.29, 0.717) is 32.7 Å². The summed E-state index contributed by atoms with van der Waals surface area (Å²) in [7, 11) is 0. The lowest BCUT2D eigenvalue weighted by atomic mass is 10.0. The predicted octanol–water partition coefficient (Wildman–Crippen LogP) is 2.67. The van der Waals surface area contributed by atoms with Crippen molar-refractivity contribution < 1.29 is 9.53 Å². The minimum atomic E-state index is 0.189. The van der Waals surface area contributed by atoms with E-state index in [4.69, 9.17) is 9.72 Å². The molecule has 2 aliphatic heterocycles. The Morgan fingerprint density at radius 2 is 1.66 bits per heavy atom. The number of anilines is 2. The normalized spacial score (nSPS) is 17.1. The van der Waals surface area contributed by atoms with Crippen molar-refractivity contribution in [3.05, 3.63) is 59.8 Å². The smallest absolute Gasteiger partial charge is 0.227 e. The van der Waals surface area contributed by atoms with Crippen LogP contribution < -0.4 is 9.80 Å². The highest BCUT2D eigenvalue weighted by atomic mass is 16.5. The molecule has 0 aliphatic carbocycles. The molecule has 2 fully saturated rings. The van der Waals surface area contributed by atoms with Crippen LogP contribution in [0.3, 0.4) is 0 Å². The van der Waals surface area contributed by atoms with Crippen LogP contribution in [0.15, 0.2) is 48.5 Å². The van der Waals surface area contributed by atoms with E-state index in [1.807, 2.05) is 36.1 Å². The minimum Gasteiger partial charge on any atom is -0.378 e. The van der Waals surface area contributed by atoms with Crippen molar-refractivity contribution in [1.29, 1.82) is 0 Å². The molecule has 32 heavy (non-hydrogen) atoms. The van der Waals surface area contributed by atoms with Gasteiger partial charge in [0.1, 0.15) is 5.82 Å². The Labute approximate surface area is 188 Å². The summed E-state index contributed by atoms with van der Waals surface area (Å²) in [5.41, 5.74) is 2.06. The molecular weight excluding hydrogens is 402 g/mol. The van der Waals surface area contributed by atoms with E-state index in [-0.39, 0.29) is 5.91 Å². The van der Waals surface area contributed by atoms with Gasteiger partial charge in [0.2, 0.25) is 11.9 Å². The maximum Gasteiger partial charge on any atom is 0.227 e. The first-order valence-corrected chi connectivity index (χ1v) is 11.3. The number of piperazine rings is 1. The largest absolute Gasteiger partial charge is 0.378 e. The molecule has 0 unspecified atom stereocenters. The van der Waals surface area contributed by atoms with Crippen LogP contribution >= 0.6 is 0 Å². The Bertz CT molecular complexity index is 1100. The van der Waals surface area contributed by atoms with Gasteiger partial charge in [-0.1, -0.05) is 42.5 Å². The van der Waals surface area contributed by atoms with Gasteiger partial charge in [0.25, 0.3) is 0 Å². The minimum absolute atomic E-state index is 0.189. The number of hydrogen-bond donors (Lipinski definition) is 0. The van der Waals surface area contributed by atoms with Gasteiger partial charge in [0.15, 0.2) is 0 Å². The number of morpholine rings is 1. The third-order valence-electron chi connectivity index (χ3n) is 6.30. The van der Waals surface area contributed by atoms with Gasteiger partial charge in [-0.25, -0.2) is 4.98 Å². The van der Waals surface area contributed by atoms with E-state index in [1.165, 1.54) is 5.39 Å². The van der Waals surface area contributed by atoms with Crippen LogP contribution in [0.4, 0.5) is 11.8 Å². The SMILES string of the molecule is Cc1cc(N2CCN(C(=O)Cc3cccc4ccccc34)CC2)nc(N2CCOCC2)n1. The van der Waals surface area contributed by atoms with Crippen molar-refractivity contribution in [3.63, 3.8) is 0 Å². The van der Waals surface area contributed by atoms with Crippen LogP contribution in [-0.2, 0) is 16.0 Å². The first kappa shape index (κ1) is 20.7. The third-order valence-corrected chi connectivity index (χ3v) is 6.30. The van der Waals surface area contributed by atoms with Crippen LogP contribution in [-0.4, -0.2) is 73.3 Å². The van der Waals surface area contributed by atoms with Crippen molar-refractivity contribution in [2.75, 3.05) is 62.3 Å². The van der Waals surface area contributed by atoms with Gasteiger partial charge in [-0.2, -0.15) is 4.98 Å². The standard InChI is InChI=1S/C25H29N5O2/c1-19-17-23(27-25(26-19)30-13-15-32-16-14-30)28-9-11-29(12-10-28)24(31)18-21-7-4-6-20-5-2-3-8-22(20)21/h2-8,17H,9-16,18H2,1H3. The number of nitrogens with zero attached hydrogens (tertiary/aromatic N) is 5. The summed E-state index contributed by atoms with van der Waals surface area (Å²) in [6.45, 7) is 8.05. The molecular formula is C25H29N5O2. The number of aryl methyl sites for hydroxylation is 1. The molecule has 1 amide bonds. The van der Waals surface area contributed by atoms with Crippen LogP contribution in [0.5, 0.6) is 0 Å². The van der Waals surface area contributed by atoms with Gasteiger partial charge >= 0.3 is 0 Å². The summed E-state index contributed by atoms with van der Waals surface area (Å²) < 4.78 is 5.45. The molecule has 166 valence electrons. The van der Waals surface area contributed by atoms with Crippen LogP contribution in [0, 0.1) is 6.92 Å². The van der Waals surface area contributed by atoms with Gasteiger partial charge in [-0.3, -0.25) is 4.79 Å². The predicted molar refractivity (Wildman–Crippen MR) is 126 cm³/mol. The lowest BCUT2D eigenvalue weighted by Crippen LogP contribution is -2.49. The second-order valence-corrected chi connectivity index (χ2v) is 8.45. The summed E-state index contributed by atoms with van der Waals surface area (Å²) in [5, 5.41) is 2.34. The molecule has 0 saturated carbocycles. The molecule has 3 heterocycles. The number of rotatable bonds is 4. The number of carbonyl (C=O) groups is 1. The fraction of sp³-hybridized carbons (Fsp3) is 0.400. The number of hydrogen-bond acceptors (Lipinski definition) is 6. The van der Waals surface area contributed by atoms with E-state index in [1.54, 1.807) is 0 Å². The summed E-state index contributed by atoms with van der Waals surface area (Å²) >= 11 is 0. The second kappa shape index (κ2) is 9.12. The Morgan fingerprint density at radius 3 is 2.47 bits per heavy atom. The fourth-order valence-electron chi connectivity index (χ4n) is 4.51. The molecule has 0 atom stereocenters. The van der Waals surface area contributed by atoms with Gasteiger partial charge < -0.3 is 19.4 Å². The molecule has 0 bridgehead atoms. The van der Waals surface area contributed by atoms with Crippen molar-refractivity contribution in [2.45, 2.75) is 13.3 Å². The van der Waals surface area contributed by atoms with E-state index in [9.17, 15) is 4.79 Å². The van der Waals surface area contributed by atoms with E-state index in [2.05, 4.69) is 39.0 Å². The maximum absolute atomic E-state index is 13.0. The van der Waals surface area contributed by atoms with Crippen LogP contribution in [0.2, 0.25) is 0 Å². The molecule has 5 rings (SSSR count). The van der Waals surface area contributed by atoms with E-state index < -0.39 is 0 Å². The van der Waals surface area contributed by atoms with Gasteiger partial charge in [0.05, 0.1) is 19.6 Å². The third kappa shape index (κ3) is 4.39. The van der Waals surface area contributed by atoms with Crippen molar-refractivity contribution in [1.82, 2.24) is 14.9 Å². The van der Waals surface area contributed by atoms with Crippen molar-refractivity contribution in [3.8, 4) is 0 Å². The fourth-order valence-corrected chi connectivity index (χ4v) is 4.51. The van der Waals surface area contributed by atoms with Crippen LogP contribution in [0.25, 0.3) is 10.8 Å². The topological polar surface area (TPSA) is 61.8 Å². The zero-order valence-electron chi connectivity index (χ0n) is 18.5. The highest BCUT2D eigenvalue weighted by Gasteiger charge is 2.24. The maximum atomic E-state index is 13.0. The molecule has 2 aliphatic rings. The Hall–Kier alpha value is -3.19. The van der Waals surface area contributed by atoms with Crippen molar-refractivity contribution in [2.24, 2.45) is 0 Å². The molecule has 7 nitrogen and oxygen atoms in total. The number of carbonyl (C=O) groups excluding carboxylic acids is 1. The Balaban J connectivity index is 1.24. The molecule has 2 aromatic carbocycles. The summed E-state index contributed by atoms with van der Waals surface area (Å²) in [4.78, 5) is 28.9. The molecule has 0 spiro atoms. The number of ether oxygens (including phenoxy) is 1. The Kier molecular flexibility index (Phi) is 5.90. The molecule has 3 aromatic rings. The second-order valence-electron chi connectivity index (χ2n) is 8.45. The lowest BCUT2D eigenvalue weighted by molar-refractivity contribution is -0.130. The van der Waals surface area contributed by atoms with Crippen molar-refractivity contribution >= 4 is 28.4 Å². The molecule has 1 aromatic heterocycles. The average Bonchev–Trinajstić information content (AvgIpc) is 2.84. The van der Waals surface area contributed by atoms with E-state index >= 15 is 0 Å². The summed E-state index contributed by atoms with van der Waals surface area (Å²) in [5.74, 6) is 1.91. The first-order chi connectivity index (χ1) is 15.7. The molecule has 0 N–H and O–H groups in total. The van der Waals surface area contributed by atoms with Gasteiger partial charge in [-0.05, 0) is 23.3 Å². The number of amides is 1. The monoisotopic (exact) mass is 431 g/mol. The Morgan fingerprint density at radius 1 is 0.906 bits per heavy atom. The zero-order chi connectivity index (χ0) is 21.9. The van der Waals surface area contributed by atoms with Gasteiger partial charge in [0, 0.05) is 51.0 Å². The number of benzene rings is 2. The summed E-state index contributed by atoms with van der Waals surface area (Å²) in [6.07, 6.45) is 0.440. The molecule has 2 saturated heterocycles. The highest BCUT2D eigenvalue weighted by molar-refractivity contribution is 5.90. The number of fused-ring (bicyclic) bond motifs is 1. The summed E-state index contributed by atoms with van der Waals surface area (Å²) in [6, 6.07) is 16.5. The lowest BCUT2D eigenvalue weighted by Gasteiger charge is -2.36. The molecule has 7 heteroatoms. The highest BCUT2D eigenvalue weighted by Crippen LogP contribution is 2.22. The number of aromatic nitrogens is 2. The first-order valence-electron chi connectivity index (χ1n) is 11.3. The quantitative estimate of drug-likeness (QED) is 0.633. The van der Waals surface area contributed by atoms with Crippen LogP contribution in [0.1, 0.15) is 11.3 Å². The van der Waals surface area contributed by atoms with E-state index in [0.717, 1.165) is 54.6 Å². The zero-order valence-corrected chi connectivity index (χ0v) is 18.5.